The summed E-state index contributed by atoms with van der Waals surface area (Å²) in [7, 11) is 1.71. The van der Waals surface area contributed by atoms with Gasteiger partial charge in [0.05, 0.1) is 18.4 Å². The summed E-state index contributed by atoms with van der Waals surface area (Å²) in [4.78, 5) is 16.5. The third kappa shape index (κ3) is 3.99. The van der Waals surface area contributed by atoms with Crippen molar-refractivity contribution >= 4 is 17.7 Å². The molecule has 142 valence electrons. The molecule has 0 bridgehead atoms. The molecule has 0 aromatic heterocycles. The summed E-state index contributed by atoms with van der Waals surface area (Å²) in [6.45, 7) is 2.76. The molecule has 1 N–H and O–H groups in total. The van der Waals surface area contributed by atoms with Gasteiger partial charge in [-0.1, -0.05) is 36.4 Å². The van der Waals surface area contributed by atoms with Crippen LogP contribution in [0.25, 0.3) is 0 Å². The zero-order valence-corrected chi connectivity index (χ0v) is 16.5. The molecule has 1 saturated heterocycles. The van der Waals surface area contributed by atoms with Crippen molar-refractivity contribution in [3.8, 4) is 5.75 Å². The Labute approximate surface area is 165 Å². The highest BCUT2D eigenvalue weighted by Gasteiger charge is 2.30. The van der Waals surface area contributed by atoms with Gasteiger partial charge in [-0.05, 0) is 50.0 Å². The normalized spacial score (nSPS) is 20.3. The van der Waals surface area contributed by atoms with Gasteiger partial charge in [-0.15, -0.1) is 11.8 Å². The Kier molecular flexibility index (Phi) is 5.69. The van der Waals surface area contributed by atoms with Gasteiger partial charge in [0, 0.05) is 17.0 Å². The van der Waals surface area contributed by atoms with Crippen LogP contribution in [0.3, 0.4) is 0 Å². The molecule has 0 saturated carbocycles. The maximum absolute atomic E-state index is 12.8. The Balaban J connectivity index is 1.45. The summed E-state index contributed by atoms with van der Waals surface area (Å²) in [5, 5.41) is 3.20. The largest absolute Gasteiger partial charge is 0.496 e. The topological polar surface area (TPSA) is 41.6 Å². The molecular weight excluding hydrogens is 356 g/mol. The fraction of sp³-hybridized carbons (Fsp3) is 0.409. The smallest absolute Gasteiger partial charge is 0.233 e. The van der Waals surface area contributed by atoms with Crippen LogP contribution in [-0.4, -0.2) is 42.8 Å². The Hall–Kier alpha value is -1.98. The number of nitrogens with zero attached hydrogens (tertiary/aromatic N) is 1. The van der Waals surface area contributed by atoms with E-state index in [1.165, 1.54) is 23.3 Å². The van der Waals surface area contributed by atoms with Crippen LogP contribution < -0.4 is 10.1 Å². The predicted molar refractivity (Wildman–Crippen MR) is 109 cm³/mol. The van der Waals surface area contributed by atoms with Crippen LogP contribution in [0.5, 0.6) is 5.75 Å². The highest BCUT2D eigenvalue weighted by atomic mass is 32.2. The first-order chi connectivity index (χ1) is 13.3. The van der Waals surface area contributed by atoms with Gasteiger partial charge in [-0.25, -0.2) is 0 Å². The van der Waals surface area contributed by atoms with E-state index < -0.39 is 0 Å². The van der Waals surface area contributed by atoms with Crippen molar-refractivity contribution in [1.29, 1.82) is 0 Å². The number of methoxy groups -OCH3 is 1. The zero-order valence-electron chi connectivity index (χ0n) is 15.7. The molecule has 2 atom stereocenters. The second-order valence-corrected chi connectivity index (χ2v) is 8.41. The molecule has 2 aromatic rings. The van der Waals surface area contributed by atoms with Crippen LogP contribution in [0.15, 0.2) is 53.4 Å². The van der Waals surface area contributed by atoms with Crippen LogP contribution in [0.2, 0.25) is 0 Å². The van der Waals surface area contributed by atoms with Crippen molar-refractivity contribution in [1.82, 2.24) is 10.2 Å². The summed E-state index contributed by atoms with van der Waals surface area (Å²) >= 11 is 1.68. The molecule has 2 aromatic carbocycles. The van der Waals surface area contributed by atoms with Crippen LogP contribution in [0.1, 0.15) is 30.0 Å². The summed E-state index contributed by atoms with van der Waals surface area (Å²) in [6, 6.07) is 16.6. The van der Waals surface area contributed by atoms with Crippen LogP contribution in [0.4, 0.5) is 0 Å². The van der Waals surface area contributed by atoms with Crippen LogP contribution in [0, 0.1) is 0 Å². The van der Waals surface area contributed by atoms with Crippen molar-refractivity contribution < 1.29 is 9.53 Å². The van der Waals surface area contributed by atoms with Gasteiger partial charge in [0.1, 0.15) is 5.75 Å². The van der Waals surface area contributed by atoms with E-state index in [2.05, 4.69) is 28.4 Å². The Morgan fingerprint density at radius 2 is 1.93 bits per heavy atom. The first-order valence-electron chi connectivity index (χ1n) is 9.65. The van der Waals surface area contributed by atoms with Gasteiger partial charge in [-0.2, -0.15) is 0 Å². The average Bonchev–Trinajstić information content (AvgIpc) is 3.38. The molecule has 4 nitrogen and oxygen atoms in total. The number of thioether (sulfide) groups is 1. The number of para-hydroxylation sites is 1. The molecule has 1 amide bonds. The van der Waals surface area contributed by atoms with E-state index in [0.717, 1.165) is 30.8 Å². The van der Waals surface area contributed by atoms with Gasteiger partial charge >= 0.3 is 0 Å². The van der Waals surface area contributed by atoms with Gasteiger partial charge < -0.3 is 10.1 Å². The molecule has 2 aliphatic rings. The predicted octanol–water partition coefficient (Wildman–Crippen LogP) is 3.67. The van der Waals surface area contributed by atoms with Gasteiger partial charge in [0.25, 0.3) is 0 Å². The van der Waals surface area contributed by atoms with Gasteiger partial charge in [-0.3, -0.25) is 9.69 Å². The monoisotopic (exact) mass is 382 g/mol. The molecule has 0 unspecified atom stereocenters. The molecule has 0 spiro atoms. The number of ether oxygens (including phenoxy) is 1. The molecule has 2 aliphatic heterocycles. The second-order valence-electron chi connectivity index (χ2n) is 7.16. The summed E-state index contributed by atoms with van der Waals surface area (Å²) < 4.78 is 5.59. The fourth-order valence-electron chi connectivity index (χ4n) is 4.07. The molecule has 1 fully saturated rings. The highest BCUT2D eigenvalue weighted by molar-refractivity contribution is 8.01. The van der Waals surface area contributed by atoms with E-state index >= 15 is 0 Å². The summed E-state index contributed by atoms with van der Waals surface area (Å²) in [5.74, 6) is 1.03. The van der Waals surface area contributed by atoms with E-state index in [1.54, 1.807) is 18.9 Å². The van der Waals surface area contributed by atoms with E-state index in [9.17, 15) is 4.79 Å². The van der Waals surface area contributed by atoms with E-state index in [4.69, 9.17) is 4.74 Å². The quantitative estimate of drug-likeness (QED) is 0.828. The Morgan fingerprint density at radius 1 is 1.19 bits per heavy atom. The van der Waals surface area contributed by atoms with Crippen molar-refractivity contribution in [3.05, 3.63) is 59.7 Å². The first kappa shape index (κ1) is 18.4. The lowest BCUT2D eigenvalue weighted by Crippen LogP contribution is -2.40. The molecule has 0 radical (unpaired) electrons. The zero-order chi connectivity index (χ0) is 18.6. The highest BCUT2D eigenvalue weighted by Crippen LogP contribution is 2.37. The minimum atomic E-state index is -0.0284. The van der Waals surface area contributed by atoms with Crippen LogP contribution in [-0.2, 0) is 11.2 Å². The van der Waals surface area contributed by atoms with E-state index in [0.29, 0.717) is 6.54 Å². The Bertz CT molecular complexity index is 779. The van der Waals surface area contributed by atoms with E-state index in [-0.39, 0.29) is 17.2 Å². The van der Waals surface area contributed by atoms with Crippen molar-refractivity contribution in [2.45, 2.75) is 35.4 Å². The number of rotatable bonds is 6. The third-order valence-corrected chi connectivity index (χ3v) is 6.81. The molecule has 4 rings (SSSR count). The SMILES string of the molecule is COc1ccccc1[C@@H](CNC(=O)[C@@H]1Cc2ccccc2S1)N1CCCC1. The van der Waals surface area contributed by atoms with Crippen LogP contribution >= 0.6 is 11.8 Å². The maximum atomic E-state index is 12.8. The van der Waals surface area contributed by atoms with Crippen molar-refractivity contribution in [2.24, 2.45) is 0 Å². The molecule has 2 heterocycles. The molecule has 5 heteroatoms. The summed E-state index contributed by atoms with van der Waals surface area (Å²) in [6.07, 6.45) is 3.25. The average molecular weight is 383 g/mol. The van der Waals surface area contributed by atoms with Gasteiger partial charge in [0.15, 0.2) is 0 Å². The number of benzene rings is 2. The lowest BCUT2D eigenvalue weighted by Gasteiger charge is -2.29. The Morgan fingerprint density at radius 3 is 2.70 bits per heavy atom. The standard InChI is InChI=1S/C22H26N2O2S/c1-26-19-10-4-3-9-17(19)18(24-12-6-7-13-24)15-23-22(25)21-14-16-8-2-5-11-20(16)27-21/h2-5,8-11,18,21H,6-7,12-15H2,1H3,(H,23,25)/t18-,21+/m1/s1. The van der Waals surface area contributed by atoms with Gasteiger partial charge in [0.2, 0.25) is 5.91 Å². The van der Waals surface area contributed by atoms with Crippen molar-refractivity contribution in [3.63, 3.8) is 0 Å². The minimum Gasteiger partial charge on any atom is -0.496 e. The number of hydrogen-bond acceptors (Lipinski definition) is 4. The number of carbonyl (C=O) groups excluding carboxylic acids is 1. The number of amides is 1. The van der Waals surface area contributed by atoms with Crippen molar-refractivity contribution in [2.75, 3.05) is 26.7 Å². The van der Waals surface area contributed by atoms with E-state index in [1.807, 2.05) is 30.3 Å². The third-order valence-electron chi connectivity index (χ3n) is 5.49. The lowest BCUT2D eigenvalue weighted by molar-refractivity contribution is -0.120. The second kappa shape index (κ2) is 8.36. The lowest BCUT2D eigenvalue weighted by atomic mass is 10.0. The minimum absolute atomic E-state index is 0.0284. The first-order valence-corrected chi connectivity index (χ1v) is 10.5. The molecular formula is C22H26N2O2S. The fourth-order valence-corrected chi connectivity index (χ4v) is 5.29. The number of nitrogens with one attached hydrogen (secondary N) is 1. The number of fused-ring (bicyclic) bond motifs is 1. The summed E-state index contributed by atoms with van der Waals surface area (Å²) in [5.41, 5.74) is 2.44. The number of carbonyl (C=O) groups is 1. The number of hydrogen-bond donors (Lipinski definition) is 1. The number of likely N-dealkylation sites (tertiary alicyclic amines) is 1. The molecule has 27 heavy (non-hydrogen) atoms. The maximum Gasteiger partial charge on any atom is 0.233 e. The molecule has 0 aliphatic carbocycles.